The third kappa shape index (κ3) is 6.10. The number of alkyl halides is 3. The van der Waals surface area contributed by atoms with Crippen LogP contribution in [0, 0.1) is 0 Å². The molecular weight excluding hydrogens is 391 g/mol. The summed E-state index contributed by atoms with van der Waals surface area (Å²) in [5, 5.41) is -0.563. The zero-order valence-electron chi connectivity index (χ0n) is 12.7. The summed E-state index contributed by atoms with van der Waals surface area (Å²) in [5.41, 5.74) is 0.813. The van der Waals surface area contributed by atoms with Crippen LogP contribution in [0.3, 0.4) is 0 Å². The third-order valence-electron chi connectivity index (χ3n) is 3.01. The van der Waals surface area contributed by atoms with Crippen molar-refractivity contribution in [3.8, 4) is 5.75 Å². The maximum Gasteiger partial charge on any atom is 0.324 e. The quantitative estimate of drug-likeness (QED) is 0.364. The summed E-state index contributed by atoms with van der Waals surface area (Å²) in [6.45, 7) is -0.303. The van der Waals surface area contributed by atoms with Crippen LogP contribution in [0.1, 0.15) is 10.8 Å². The van der Waals surface area contributed by atoms with Gasteiger partial charge in [0.15, 0.2) is 0 Å². The van der Waals surface area contributed by atoms with E-state index in [0.29, 0.717) is 0 Å². The van der Waals surface area contributed by atoms with Gasteiger partial charge in [0.05, 0.1) is 7.11 Å². The number of hydrogen-bond acceptors (Lipinski definition) is 4. The molecule has 0 spiro atoms. The first-order valence-corrected chi connectivity index (χ1v) is 8.99. The van der Waals surface area contributed by atoms with Crippen molar-refractivity contribution in [3.63, 3.8) is 0 Å². The average Bonchev–Trinajstić information content (AvgIpc) is 2.58. The Morgan fingerprint density at radius 2 is 1.71 bits per heavy atom. The van der Waals surface area contributed by atoms with E-state index in [1.54, 1.807) is 7.11 Å². The number of carbonyl (C=O) groups is 1. The first kappa shape index (κ1) is 19.3. The van der Waals surface area contributed by atoms with Crippen LogP contribution >= 0.6 is 46.6 Å². The topological polar surface area (TPSA) is 35.5 Å². The highest BCUT2D eigenvalue weighted by atomic mass is 35.6. The molecule has 2 rings (SSSR count). The first-order valence-electron chi connectivity index (χ1n) is 6.98. The fraction of sp³-hybridized carbons (Fsp3) is 0.235. The Bertz CT molecular complexity index is 657. The first-order chi connectivity index (χ1) is 11.4. The number of hydrogen-bond donors (Lipinski definition) is 0. The molecule has 0 saturated heterocycles. The average molecular weight is 406 g/mol. The molecule has 0 unspecified atom stereocenters. The molecule has 0 aromatic heterocycles. The van der Waals surface area contributed by atoms with Crippen LogP contribution in [-0.4, -0.2) is 23.5 Å². The van der Waals surface area contributed by atoms with Gasteiger partial charge in [-0.25, -0.2) is 0 Å². The van der Waals surface area contributed by atoms with E-state index >= 15 is 0 Å². The van der Waals surface area contributed by atoms with Crippen LogP contribution in [-0.2, 0) is 9.53 Å². The van der Waals surface area contributed by atoms with E-state index in [0.717, 1.165) is 16.2 Å². The van der Waals surface area contributed by atoms with E-state index < -0.39 is 15.0 Å². The SMILES string of the molecule is COc1ccc(S[C@@H](C(=O)OCC(Cl)(Cl)Cl)c2ccccc2)cc1. The van der Waals surface area contributed by atoms with Crippen LogP contribution in [0.2, 0.25) is 0 Å². The van der Waals surface area contributed by atoms with E-state index in [4.69, 9.17) is 44.3 Å². The lowest BCUT2D eigenvalue weighted by Gasteiger charge is -2.18. The second kappa shape index (κ2) is 8.86. The van der Waals surface area contributed by atoms with Crippen LogP contribution in [0.25, 0.3) is 0 Å². The summed E-state index contributed by atoms with van der Waals surface area (Å²) in [6, 6.07) is 16.7. The molecule has 0 N–H and O–H groups in total. The second-order valence-corrected chi connectivity index (χ2v) is 8.50. The van der Waals surface area contributed by atoms with Gasteiger partial charge in [0.25, 0.3) is 0 Å². The van der Waals surface area contributed by atoms with Crippen molar-refractivity contribution in [2.24, 2.45) is 0 Å². The van der Waals surface area contributed by atoms with Gasteiger partial charge in [-0.1, -0.05) is 65.1 Å². The molecule has 7 heteroatoms. The normalized spacial score (nSPS) is 12.5. The number of thioether (sulfide) groups is 1. The van der Waals surface area contributed by atoms with E-state index in [2.05, 4.69) is 0 Å². The summed E-state index contributed by atoms with van der Waals surface area (Å²) in [7, 11) is 1.60. The zero-order chi connectivity index (χ0) is 17.6. The van der Waals surface area contributed by atoms with Crippen molar-refractivity contribution in [1.29, 1.82) is 0 Å². The van der Waals surface area contributed by atoms with Crippen molar-refractivity contribution in [3.05, 3.63) is 60.2 Å². The minimum atomic E-state index is -1.64. The van der Waals surface area contributed by atoms with Gasteiger partial charge in [0, 0.05) is 4.90 Å². The maximum absolute atomic E-state index is 12.5. The fourth-order valence-electron chi connectivity index (χ4n) is 1.90. The van der Waals surface area contributed by atoms with Gasteiger partial charge in [0.1, 0.15) is 17.6 Å². The molecule has 0 fully saturated rings. The zero-order valence-corrected chi connectivity index (χ0v) is 15.8. The monoisotopic (exact) mass is 404 g/mol. The van der Waals surface area contributed by atoms with Crippen LogP contribution in [0.5, 0.6) is 5.75 Å². The second-order valence-electron chi connectivity index (χ2n) is 4.81. The van der Waals surface area contributed by atoms with Crippen molar-refractivity contribution in [2.75, 3.05) is 13.7 Å². The van der Waals surface area contributed by atoms with Gasteiger partial charge in [0.2, 0.25) is 3.79 Å². The number of esters is 1. The van der Waals surface area contributed by atoms with E-state index in [9.17, 15) is 4.79 Å². The third-order valence-corrected chi connectivity index (χ3v) is 4.58. The molecule has 3 nitrogen and oxygen atoms in total. The van der Waals surface area contributed by atoms with Crippen LogP contribution < -0.4 is 4.74 Å². The Balaban J connectivity index is 2.17. The molecule has 0 aliphatic rings. The highest BCUT2D eigenvalue weighted by Crippen LogP contribution is 2.37. The predicted octanol–water partition coefficient (Wildman–Crippen LogP) is 5.44. The number of ether oxygens (including phenoxy) is 2. The molecule has 2 aromatic rings. The summed E-state index contributed by atoms with van der Waals surface area (Å²) in [4.78, 5) is 13.4. The van der Waals surface area contributed by atoms with Crippen molar-refractivity contribution in [1.82, 2.24) is 0 Å². The van der Waals surface area contributed by atoms with Gasteiger partial charge in [-0.05, 0) is 29.8 Å². The van der Waals surface area contributed by atoms with Crippen LogP contribution in [0.15, 0.2) is 59.5 Å². The summed E-state index contributed by atoms with van der Waals surface area (Å²) >= 11 is 18.3. The van der Waals surface area contributed by atoms with Crippen molar-refractivity contribution in [2.45, 2.75) is 13.9 Å². The Hall–Kier alpha value is -1.07. The lowest BCUT2D eigenvalue weighted by molar-refractivity contribution is -0.142. The predicted molar refractivity (Wildman–Crippen MR) is 99.3 cm³/mol. The van der Waals surface area contributed by atoms with E-state index in [1.165, 1.54) is 11.8 Å². The smallest absolute Gasteiger partial charge is 0.324 e. The molecule has 0 aliphatic carbocycles. The molecule has 0 heterocycles. The molecule has 0 aliphatic heterocycles. The number of rotatable bonds is 6. The minimum absolute atomic E-state index is 0.303. The molecular formula is C17H15Cl3O3S. The molecule has 0 saturated carbocycles. The fourth-order valence-corrected chi connectivity index (χ4v) is 3.09. The number of halogens is 3. The Morgan fingerprint density at radius 1 is 1.08 bits per heavy atom. The molecule has 0 amide bonds. The van der Waals surface area contributed by atoms with Gasteiger partial charge < -0.3 is 9.47 Å². The molecule has 24 heavy (non-hydrogen) atoms. The molecule has 1 atom stereocenters. The van der Waals surface area contributed by atoms with E-state index in [1.807, 2.05) is 54.6 Å². The lowest BCUT2D eigenvalue weighted by Crippen LogP contribution is -2.20. The Morgan fingerprint density at radius 3 is 2.25 bits per heavy atom. The highest BCUT2D eigenvalue weighted by molar-refractivity contribution is 8.00. The van der Waals surface area contributed by atoms with Crippen LogP contribution in [0.4, 0.5) is 0 Å². The summed E-state index contributed by atoms with van der Waals surface area (Å²) in [5.74, 6) is 0.280. The van der Waals surface area contributed by atoms with E-state index in [-0.39, 0.29) is 6.61 Å². The standard InChI is InChI=1S/C17H15Cl3O3S/c1-22-13-7-9-14(10-8-13)24-15(12-5-3-2-4-6-12)16(21)23-11-17(18,19)20/h2-10,15H,11H2,1H3/t15-/m1/s1. The largest absolute Gasteiger partial charge is 0.497 e. The van der Waals surface area contributed by atoms with Gasteiger partial charge in [-0.3, -0.25) is 4.79 Å². The Labute approximate surface area is 160 Å². The molecule has 0 radical (unpaired) electrons. The van der Waals surface area contributed by atoms with Gasteiger partial charge in [-0.15, -0.1) is 11.8 Å². The Kier molecular flexibility index (Phi) is 7.11. The highest BCUT2D eigenvalue weighted by Gasteiger charge is 2.28. The summed E-state index contributed by atoms with van der Waals surface area (Å²) in [6.07, 6.45) is 0. The maximum atomic E-state index is 12.5. The van der Waals surface area contributed by atoms with Gasteiger partial charge >= 0.3 is 5.97 Å². The minimum Gasteiger partial charge on any atom is -0.497 e. The number of benzene rings is 2. The number of methoxy groups -OCH3 is 1. The lowest BCUT2D eigenvalue weighted by atomic mass is 10.1. The van der Waals surface area contributed by atoms with Crippen molar-refractivity contribution >= 4 is 52.5 Å². The van der Waals surface area contributed by atoms with Crippen molar-refractivity contribution < 1.29 is 14.3 Å². The van der Waals surface area contributed by atoms with Gasteiger partial charge in [-0.2, -0.15) is 0 Å². The number of carbonyl (C=O) groups excluding carboxylic acids is 1. The molecule has 0 bridgehead atoms. The summed E-state index contributed by atoms with van der Waals surface area (Å²) < 4.78 is 8.66. The molecule has 2 aromatic carbocycles. The molecule has 128 valence electrons.